The molecule has 2 rings (SSSR count). The molecule has 1 aromatic carbocycles. The number of carboxylic acids is 1. The molecule has 0 unspecified atom stereocenters. The maximum absolute atomic E-state index is 12.0. The molecule has 0 saturated heterocycles. The van der Waals surface area contributed by atoms with Gasteiger partial charge in [-0.2, -0.15) is 0 Å². The Labute approximate surface area is 118 Å². The van der Waals surface area contributed by atoms with E-state index in [1.54, 1.807) is 11.4 Å². The number of hydrogen-bond donors (Lipinski definition) is 2. The number of para-hydroxylation sites is 1. The van der Waals surface area contributed by atoms with Gasteiger partial charge in [0.2, 0.25) is 0 Å². The van der Waals surface area contributed by atoms with E-state index in [1.807, 2.05) is 0 Å². The number of halogens is 1. The third-order valence-electron chi connectivity index (χ3n) is 2.24. The number of thiophene rings is 1. The number of hydrogen-bond acceptors (Lipinski definition) is 4. The topological polar surface area (TPSA) is 83.5 Å². The van der Waals surface area contributed by atoms with Crippen molar-refractivity contribution in [1.82, 2.24) is 0 Å². The smallest absolute Gasteiger partial charge is 0.337 e. The maximum Gasteiger partial charge on any atom is 0.337 e. The average Bonchev–Trinajstić information content (AvgIpc) is 2.85. The second-order valence-electron chi connectivity index (χ2n) is 3.51. The summed E-state index contributed by atoms with van der Waals surface area (Å²) in [5.74, 6) is -1.26. The van der Waals surface area contributed by atoms with Crippen molar-refractivity contribution in [3.05, 3.63) is 46.3 Å². The van der Waals surface area contributed by atoms with Crippen LogP contribution in [0.25, 0.3) is 0 Å². The number of carbonyl (C=O) groups is 1. The van der Waals surface area contributed by atoms with Gasteiger partial charge in [0.15, 0.2) is 0 Å². The Morgan fingerprint density at radius 2 is 2.00 bits per heavy atom. The zero-order valence-corrected chi connectivity index (χ0v) is 11.7. The van der Waals surface area contributed by atoms with Crippen molar-refractivity contribution in [2.24, 2.45) is 0 Å². The zero-order chi connectivity index (χ0) is 14.0. The summed E-state index contributed by atoms with van der Waals surface area (Å²) >= 11 is 6.88. The molecule has 0 atom stereocenters. The van der Waals surface area contributed by atoms with Crippen LogP contribution in [-0.2, 0) is 10.0 Å². The first-order chi connectivity index (χ1) is 8.92. The third-order valence-corrected chi connectivity index (χ3v) is 5.30. The number of rotatable bonds is 4. The van der Waals surface area contributed by atoms with Gasteiger partial charge in [0, 0.05) is 0 Å². The molecule has 0 amide bonds. The Morgan fingerprint density at radius 1 is 1.26 bits per heavy atom. The Hall–Kier alpha value is -1.57. The molecule has 0 bridgehead atoms. The second-order valence-corrected chi connectivity index (χ2v) is 6.77. The lowest BCUT2D eigenvalue weighted by Gasteiger charge is -2.10. The predicted molar refractivity (Wildman–Crippen MR) is 73.5 cm³/mol. The highest BCUT2D eigenvalue weighted by Gasteiger charge is 2.21. The van der Waals surface area contributed by atoms with E-state index < -0.39 is 16.0 Å². The van der Waals surface area contributed by atoms with E-state index in [2.05, 4.69) is 4.72 Å². The SMILES string of the molecule is O=C(O)c1cccc(Cl)c1NS(=O)(=O)c1cccs1. The summed E-state index contributed by atoms with van der Waals surface area (Å²) in [4.78, 5) is 11.1. The van der Waals surface area contributed by atoms with Gasteiger partial charge in [-0.15, -0.1) is 11.3 Å². The van der Waals surface area contributed by atoms with Crippen LogP contribution in [0.4, 0.5) is 5.69 Å². The van der Waals surface area contributed by atoms with E-state index in [9.17, 15) is 13.2 Å². The van der Waals surface area contributed by atoms with Crippen LogP contribution in [0.2, 0.25) is 5.02 Å². The highest BCUT2D eigenvalue weighted by atomic mass is 35.5. The first-order valence-electron chi connectivity index (χ1n) is 5.00. The van der Waals surface area contributed by atoms with Gasteiger partial charge in [0.25, 0.3) is 10.0 Å². The van der Waals surface area contributed by atoms with Crippen LogP contribution in [0.5, 0.6) is 0 Å². The lowest BCUT2D eigenvalue weighted by Crippen LogP contribution is -2.14. The molecule has 2 aromatic rings. The van der Waals surface area contributed by atoms with E-state index in [0.29, 0.717) is 0 Å². The quantitative estimate of drug-likeness (QED) is 0.908. The summed E-state index contributed by atoms with van der Waals surface area (Å²) < 4.78 is 26.4. The van der Waals surface area contributed by atoms with Crippen LogP contribution in [0, 0.1) is 0 Å². The van der Waals surface area contributed by atoms with Crippen molar-refractivity contribution in [3.8, 4) is 0 Å². The van der Waals surface area contributed by atoms with E-state index >= 15 is 0 Å². The van der Waals surface area contributed by atoms with E-state index in [1.165, 1.54) is 24.3 Å². The van der Waals surface area contributed by atoms with E-state index in [0.717, 1.165) is 11.3 Å². The number of sulfonamides is 1. The third kappa shape index (κ3) is 2.89. The van der Waals surface area contributed by atoms with Crippen molar-refractivity contribution in [3.63, 3.8) is 0 Å². The Bertz CT molecular complexity index is 710. The summed E-state index contributed by atoms with van der Waals surface area (Å²) in [6.45, 7) is 0. The first-order valence-corrected chi connectivity index (χ1v) is 7.74. The molecule has 5 nitrogen and oxygen atoms in total. The fourth-order valence-corrected chi connectivity index (χ4v) is 3.78. The van der Waals surface area contributed by atoms with Crippen molar-refractivity contribution in [2.45, 2.75) is 4.21 Å². The van der Waals surface area contributed by atoms with Crippen molar-refractivity contribution >= 4 is 44.6 Å². The normalized spacial score (nSPS) is 11.2. The van der Waals surface area contributed by atoms with Gasteiger partial charge in [-0.25, -0.2) is 13.2 Å². The number of benzene rings is 1. The summed E-state index contributed by atoms with van der Waals surface area (Å²) in [5.41, 5.74) is -0.335. The molecule has 1 aromatic heterocycles. The molecular formula is C11H8ClNO4S2. The van der Waals surface area contributed by atoms with Gasteiger partial charge in [0.1, 0.15) is 4.21 Å². The number of aromatic carboxylic acids is 1. The molecular weight excluding hydrogens is 310 g/mol. The minimum Gasteiger partial charge on any atom is -0.478 e. The number of carboxylic acid groups (broad SMARTS) is 1. The second kappa shape index (κ2) is 5.20. The first kappa shape index (κ1) is 13.9. The standard InChI is InChI=1S/C11H8ClNO4S2/c12-8-4-1-3-7(11(14)15)10(8)13-19(16,17)9-5-2-6-18-9/h1-6,13H,(H,14,15). The average molecular weight is 318 g/mol. The van der Waals surface area contributed by atoms with Crippen LogP contribution in [0.1, 0.15) is 10.4 Å². The van der Waals surface area contributed by atoms with Gasteiger partial charge in [-0.3, -0.25) is 4.72 Å². The molecule has 0 fully saturated rings. The van der Waals surface area contributed by atoms with Crippen molar-refractivity contribution in [2.75, 3.05) is 4.72 Å². The fraction of sp³-hybridized carbons (Fsp3) is 0. The number of nitrogens with one attached hydrogen (secondary N) is 1. The largest absolute Gasteiger partial charge is 0.478 e. The molecule has 0 saturated carbocycles. The van der Waals surface area contributed by atoms with Crippen LogP contribution in [-0.4, -0.2) is 19.5 Å². The summed E-state index contributed by atoms with van der Waals surface area (Å²) in [6.07, 6.45) is 0. The van der Waals surface area contributed by atoms with Gasteiger partial charge in [0.05, 0.1) is 16.3 Å². The summed E-state index contributed by atoms with van der Waals surface area (Å²) in [7, 11) is -3.83. The van der Waals surface area contributed by atoms with Gasteiger partial charge >= 0.3 is 5.97 Å². The number of anilines is 1. The molecule has 100 valence electrons. The van der Waals surface area contributed by atoms with Crippen LogP contribution < -0.4 is 4.72 Å². The highest BCUT2D eigenvalue weighted by molar-refractivity contribution is 7.94. The minimum absolute atomic E-state index is 0.0278. The Kier molecular flexibility index (Phi) is 3.79. The summed E-state index contributed by atoms with van der Waals surface area (Å²) in [5, 5.41) is 10.7. The van der Waals surface area contributed by atoms with Crippen molar-refractivity contribution < 1.29 is 18.3 Å². The molecule has 2 N–H and O–H groups in total. The zero-order valence-electron chi connectivity index (χ0n) is 9.33. The monoisotopic (exact) mass is 317 g/mol. The molecule has 0 radical (unpaired) electrons. The predicted octanol–water partition coefficient (Wildman–Crippen LogP) is 2.90. The maximum atomic E-state index is 12.0. The lowest BCUT2D eigenvalue weighted by atomic mass is 10.2. The Balaban J connectivity index is 2.48. The van der Waals surface area contributed by atoms with Crippen molar-refractivity contribution in [1.29, 1.82) is 0 Å². The van der Waals surface area contributed by atoms with E-state index in [-0.39, 0.29) is 20.5 Å². The Morgan fingerprint density at radius 3 is 2.58 bits per heavy atom. The molecule has 0 aliphatic rings. The molecule has 19 heavy (non-hydrogen) atoms. The van der Waals surface area contributed by atoms with Crippen LogP contribution in [0.3, 0.4) is 0 Å². The highest BCUT2D eigenvalue weighted by Crippen LogP contribution is 2.29. The van der Waals surface area contributed by atoms with Gasteiger partial charge in [-0.1, -0.05) is 23.7 Å². The lowest BCUT2D eigenvalue weighted by molar-refractivity contribution is 0.0698. The molecule has 1 heterocycles. The molecule has 0 aliphatic carbocycles. The molecule has 8 heteroatoms. The van der Waals surface area contributed by atoms with Crippen LogP contribution >= 0.6 is 22.9 Å². The minimum atomic E-state index is -3.83. The molecule has 0 aliphatic heterocycles. The van der Waals surface area contributed by atoms with Gasteiger partial charge < -0.3 is 5.11 Å². The summed E-state index contributed by atoms with van der Waals surface area (Å²) in [6, 6.07) is 7.14. The fourth-order valence-electron chi connectivity index (χ4n) is 1.41. The van der Waals surface area contributed by atoms with Gasteiger partial charge in [-0.05, 0) is 23.6 Å². The van der Waals surface area contributed by atoms with E-state index in [4.69, 9.17) is 16.7 Å². The molecule has 0 spiro atoms. The van der Waals surface area contributed by atoms with Crippen LogP contribution in [0.15, 0.2) is 39.9 Å².